The summed E-state index contributed by atoms with van der Waals surface area (Å²) in [5.74, 6) is 0. The molecule has 3 heteroatoms. The maximum Gasteiger partial charge on any atom is 0.0646 e. The number of aromatic nitrogens is 1. The zero-order valence-corrected chi connectivity index (χ0v) is 10.4. The van der Waals surface area contributed by atoms with Crippen LogP contribution in [-0.4, -0.2) is 15.7 Å². The molecule has 80 valence electrons. The van der Waals surface area contributed by atoms with Gasteiger partial charge >= 0.3 is 0 Å². The first kappa shape index (κ1) is 10.7. The summed E-state index contributed by atoms with van der Waals surface area (Å²) in [6.07, 6.45) is 0.638. The highest BCUT2D eigenvalue weighted by Crippen LogP contribution is 2.22. The van der Waals surface area contributed by atoms with Crippen LogP contribution in [0.1, 0.15) is 19.5 Å². The molecule has 2 nitrogen and oxygen atoms in total. The van der Waals surface area contributed by atoms with Crippen LogP contribution in [0.3, 0.4) is 0 Å². The van der Waals surface area contributed by atoms with Crippen LogP contribution in [0.15, 0.2) is 28.7 Å². The lowest BCUT2D eigenvalue weighted by Crippen LogP contribution is -2.21. The molecular formula is C12H14BrNO. The average molecular weight is 268 g/mol. The third-order valence-corrected chi connectivity index (χ3v) is 2.76. The fourth-order valence-electron chi connectivity index (χ4n) is 1.72. The van der Waals surface area contributed by atoms with Gasteiger partial charge in [0.2, 0.25) is 0 Å². The number of hydrogen-bond acceptors (Lipinski definition) is 1. The second-order valence-corrected chi connectivity index (χ2v) is 5.43. The number of aromatic amines is 1. The van der Waals surface area contributed by atoms with E-state index in [1.165, 1.54) is 5.39 Å². The molecule has 15 heavy (non-hydrogen) atoms. The van der Waals surface area contributed by atoms with Gasteiger partial charge in [-0.25, -0.2) is 0 Å². The summed E-state index contributed by atoms with van der Waals surface area (Å²) in [5.41, 5.74) is 1.50. The van der Waals surface area contributed by atoms with Crippen molar-refractivity contribution in [3.05, 3.63) is 34.4 Å². The van der Waals surface area contributed by atoms with Crippen molar-refractivity contribution in [3.8, 4) is 0 Å². The number of rotatable bonds is 2. The Morgan fingerprint density at radius 3 is 2.73 bits per heavy atom. The normalized spacial score (nSPS) is 12.3. The molecule has 1 aromatic heterocycles. The molecule has 0 bridgehead atoms. The third-order valence-electron chi connectivity index (χ3n) is 2.26. The van der Waals surface area contributed by atoms with E-state index in [9.17, 15) is 5.11 Å². The Hall–Kier alpha value is -0.800. The Labute approximate surface area is 97.4 Å². The van der Waals surface area contributed by atoms with E-state index in [0.29, 0.717) is 6.42 Å². The molecule has 0 amide bonds. The van der Waals surface area contributed by atoms with Crippen LogP contribution >= 0.6 is 15.9 Å². The topological polar surface area (TPSA) is 36.0 Å². The van der Waals surface area contributed by atoms with Crippen LogP contribution < -0.4 is 0 Å². The van der Waals surface area contributed by atoms with E-state index in [0.717, 1.165) is 15.7 Å². The Kier molecular flexibility index (Phi) is 2.61. The van der Waals surface area contributed by atoms with Crippen molar-refractivity contribution in [3.63, 3.8) is 0 Å². The molecule has 0 aliphatic rings. The summed E-state index contributed by atoms with van der Waals surface area (Å²) >= 11 is 3.43. The predicted octanol–water partition coefficient (Wildman–Crippen LogP) is 3.24. The Bertz CT molecular complexity index is 482. The molecule has 0 saturated carbocycles. The molecular weight excluding hydrogens is 254 g/mol. The van der Waals surface area contributed by atoms with Crippen molar-refractivity contribution in [1.29, 1.82) is 0 Å². The fourth-order valence-corrected chi connectivity index (χ4v) is 2.08. The smallest absolute Gasteiger partial charge is 0.0646 e. The van der Waals surface area contributed by atoms with Crippen molar-refractivity contribution in [2.75, 3.05) is 0 Å². The van der Waals surface area contributed by atoms with Crippen LogP contribution in [0.5, 0.6) is 0 Å². The molecule has 0 atom stereocenters. The maximum absolute atomic E-state index is 9.72. The zero-order valence-electron chi connectivity index (χ0n) is 8.84. The van der Waals surface area contributed by atoms with Gasteiger partial charge in [0.25, 0.3) is 0 Å². The second-order valence-electron chi connectivity index (χ2n) is 4.52. The Balaban J connectivity index is 2.39. The van der Waals surface area contributed by atoms with Gasteiger partial charge in [-0.05, 0) is 37.4 Å². The number of aliphatic hydroxyl groups is 1. The van der Waals surface area contributed by atoms with Gasteiger partial charge in [0.05, 0.1) is 5.60 Å². The van der Waals surface area contributed by atoms with Crippen LogP contribution in [-0.2, 0) is 6.42 Å². The quantitative estimate of drug-likeness (QED) is 0.861. The highest BCUT2D eigenvalue weighted by molar-refractivity contribution is 9.10. The molecule has 0 aliphatic heterocycles. The van der Waals surface area contributed by atoms with Gasteiger partial charge in [-0.15, -0.1) is 0 Å². The van der Waals surface area contributed by atoms with Crippen molar-refractivity contribution in [2.45, 2.75) is 25.9 Å². The lowest BCUT2D eigenvalue weighted by molar-refractivity contribution is 0.0801. The summed E-state index contributed by atoms with van der Waals surface area (Å²) in [4.78, 5) is 3.30. The molecule has 0 unspecified atom stereocenters. The van der Waals surface area contributed by atoms with E-state index in [1.807, 2.05) is 26.0 Å². The molecule has 0 spiro atoms. The number of nitrogens with one attached hydrogen (secondary N) is 1. The molecule has 0 fully saturated rings. The van der Waals surface area contributed by atoms with Gasteiger partial charge in [0.1, 0.15) is 0 Å². The Morgan fingerprint density at radius 1 is 1.33 bits per heavy atom. The summed E-state index contributed by atoms with van der Waals surface area (Å²) in [7, 11) is 0. The first-order chi connectivity index (χ1) is 6.94. The predicted molar refractivity (Wildman–Crippen MR) is 66.0 cm³/mol. The molecule has 2 aromatic rings. The first-order valence-corrected chi connectivity index (χ1v) is 5.73. The average Bonchev–Trinajstić information content (AvgIpc) is 2.42. The summed E-state index contributed by atoms with van der Waals surface area (Å²) in [5, 5.41) is 10.9. The summed E-state index contributed by atoms with van der Waals surface area (Å²) in [6.45, 7) is 3.63. The zero-order chi connectivity index (χ0) is 11.1. The maximum atomic E-state index is 9.72. The van der Waals surface area contributed by atoms with Crippen molar-refractivity contribution in [2.24, 2.45) is 0 Å². The SMILES string of the molecule is CC(C)(O)Cc1cc2ccc(Br)cc2[nH]1. The number of halogens is 1. The summed E-state index contributed by atoms with van der Waals surface area (Å²) in [6, 6.07) is 8.21. The standard InChI is InChI=1S/C12H14BrNO/c1-12(2,15)7-10-5-8-3-4-9(13)6-11(8)14-10/h3-6,14-15H,7H2,1-2H3. The monoisotopic (exact) mass is 267 g/mol. The van der Waals surface area contributed by atoms with Gasteiger partial charge < -0.3 is 10.1 Å². The second kappa shape index (κ2) is 3.65. The van der Waals surface area contributed by atoms with E-state index < -0.39 is 5.60 Å². The van der Waals surface area contributed by atoms with Gasteiger partial charge in [0, 0.05) is 22.1 Å². The van der Waals surface area contributed by atoms with E-state index in [1.54, 1.807) is 0 Å². The van der Waals surface area contributed by atoms with Gasteiger partial charge in [0.15, 0.2) is 0 Å². The van der Waals surface area contributed by atoms with Gasteiger partial charge in [-0.3, -0.25) is 0 Å². The highest BCUT2D eigenvalue weighted by Gasteiger charge is 2.14. The highest BCUT2D eigenvalue weighted by atomic mass is 79.9. The Morgan fingerprint density at radius 2 is 2.07 bits per heavy atom. The minimum atomic E-state index is -0.669. The van der Waals surface area contributed by atoms with Gasteiger partial charge in [-0.2, -0.15) is 0 Å². The molecule has 0 saturated heterocycles. The van der Waals surface area contributed by atoms with Crippen LogP contribution in [0.25, 0.3) is 10.9 Å². The van der Waals surface area contributed by atoms with Gasteiger partial charge in [-0.1, -0.05) is 22.0 Å². The van der Waals surface area contributed by atoms with E-state index in [2.05, 4.69) is 33.0 Å². The van der Waals surface area contributed by atoms with Crippen LogP contribution in [0.4, 0.5) is 0 Å². The van der Waals surface area contributed by atoms with Crippen LogP contribution in [0.2, 0.25) is 0 Å². The minimum Gasteiger partial charge on any atom is -0.390 e. The lowest BCUT2D eigenvalue weighted by Gasteiger charge is -2.15. The number of benzene rings is 1. The molecule has 2 rings (SSSR count). The largest absolute Gasteiger partial charge is 0.390 e. The van der Waals surface area contributed by atoms with Crippen molar-refractivity contribution >= 4 is 26.8 Å². The molecule has 1 heterocycles. The summed E-state index contributed by atoms with van der Waals surface area (Å²) < 4.78 is 1.06. The number of H-pyrrole nitrogens is 1. The number of fused-ring (bicyclic) bond motifs is 1. The number of hydrogen-bond donors (Lipinski definition) is 2. The van der Waals surface area contributed by atoms with E-state index in [-0.39, 0.29) is 0 Å². The minimum absolute atomic E-state index is 0.638. The fraction of sp³-hybridized carbons (Fsp3) is 0.333. The van der Waals surface area contributed by atoms with Crippen LogP contribution in [0, 0.1) is 0 Å². The van der Waals surface area contributed by atoms with Crippen molar-refractivity contribution < 1.29 is 5.11 Å². The first-order valence-electron chi connectivity index (χ1n) is 4.94. The molecule has 0 radical (unpaired) electrons. The lowest BCUT2D eigenvalue weighted by atomic mass is 10.0. The molecule has 1 aromatic carbocycles. The van der Waals surface area contributed by atoms with E-state index in [4.69, 9.17) is 0 Å². The van der Waals surface area contributed by atoms with Crippen molar-refractivity contribution in [1.82, 2.24) is 4.98 Å². The van der Waals surface area contributed by atoms with E-state index >= 15 is 0 Å². The molecule has 0 aliphatic carbocycles. The molecule has 2 N–H and O–H groups in total. The third kappa shape index (κ3) is 2.61.